The van der Waals surface area contributed by atoms with Crippen LogP contribution in [-0.4, -0.2) is 75.9 Å². The standard InChI is InChI=1S/C22H38N4O2.HI/c1-5-23-22(26-11-10-21(17-26)18-28-13-12-27-4)24-15-19-8-7-9-20(14-19)16-25(3)6-2;/h7-9,14,21H,5-6,10-13,15-18H2,1-4H3,(H,23,24);1H. The SMILES string of the molecule is CCNC(=NCc1cccc(CN(C)CC)c1)N1CCC(COCCOC)C1.I. The molecule has 6 nitrogen and oxygen atoms in total. The second kappa shape index (κ2) is 15.0. The van der Waals surface area contributed by atoms with Gasteiger partial charge in [0, 0.05) is 39.2 Å². The average molecular weight is 518 g/mol. The molecule has 1 fully saturated rings. The van der Waals surface area contributed by atoms with Gasteiger partial charge in [-0.1, -0.05) is 31.2 Å². The molecule has 0 saturated carbocycles. The number of methoxy groups -OCH3 is 1. The molecule has 1 aliphatic rings. The van der Waals surface area contributed by atoms with Crippen LogP contribution in [0.15, 0.2) is 29.3 Å². The number of guanidine groups is 1. The number of aliphatic imine (C=N–C) groups is 1. The van der Waals surface area contributed by atoms with Crippen LogP contribution in [0.25, 0.3) is 0 Å². The highest BCUT2D eigenvalue weighted by Gasteiger charge is 2.24. The first-order valence-electron chi connectivity index (χ1n) is 10.5. The fourth-order valence-corrected chi connectivity index (χ4v) is 3.40. The Morgan fingerprint density at radius 2 is 2.07 bits per heavy atom. The summed E-state index contributed by atoms with van der Waals surface area (Å²) in [5, 5.41) is 3.45. The van der Waals surface area contributed by atoms with Crippen LogP contribution in [0.3, 0.4) is 0 Å². The van der Waals surface area contributed by atoms with Crippen molar-refractivity contribution in [2.24, 2.45) is 10.9 Å². The van der Waals surface area contributed by atoms with Gasteiger partial charge in [0.25, 0.3) is 0 Å². The van der Waals surface area contributed by atoms with Crippen molar-refractivity contribution in [1.82, 2.24) is 15.1 Å². The monoisotopic (exact) mass is 518 g/mol. The third-order valence-corrected chi connectivity index (χ3v) is 5.10. The van der Waals surface area contributed by atoms with Crippen molar-refractivity contribution in [3.05, 3.63) is 35.4 Å². The maximum absolute atomic E-state index is 5.71. The molecule has 1 unspecified atom stereocenters. The summed E-state index contributed by atoms with van der Waals surface area (Å²) >= 11 is 0. The molecule has 1 aromatic carbocycles. The number of hydrogen-bond acceptors (Lipinski definition) is 4. The maximum Gasteiger partial charge on any atom is 0.194 e. The molecule has 0 aliphatic carbocycles. The van der Waals surface area contributed by atoms with Crippen LogP contribution in [-0.2, 0) is 22.6 Å². The van der Waals surface area contributed by atoms with Gasteiger partial charge >= 0.3 is 0 Å². The van der Waals surface area contributed by atoms with E-state index in [-0.39, 0.29) is 24.0 Å². The van der Waals surface area contributed by atoms with Crippen molar-refractivity contribution >= 4 is 29.9 Å². The van der Waals surface area contributed by atoms with Gasteiger partial charge in [0.1, 0.15) is 0 Å². The molecule has 1 aliphatic heterocycles. The fraction of sp³-hybridized carbons (Fsp3) is 0.682. The van der Waals surface area contributed by atoms with Gasteiger partial charge in [0.05, 0.1) is 26.4 Å². The van der Waals surface area contributed by atoms with Gasteiger partial charge in [-0.3, -0.25) is 0 Å². The number of hydrogen-bond donors (Lipinski definition) is 1. The Balaban J connectivity index is 0.00000420. The lowest BCUT2D eigenvalue weighted by molar-refractivity contribution is 0.0536. The number of likely N-dealkylation sites (tertiary alicyclic amines) is 1. The van der Waals surface area contributed by atoms with Crippen LogP contribution in [0.4, 0.5) is 0 Å². The first-order chi connectivity index (χ1) is 13.7. The van der Waals surface area contributed by atoms with Gasteiger partial charge < -0.3 is 24.6 Å². The van der Waals surface area contributed by atoms with E-state index >= 15 is 0 Å². The second-order valence-corrected chi connectivity index (χ2v) is 7.49. The lowest BCUT2D eigenvalue weighted by Gasteiger charge is -2.22. The lowest BCUT2D eigenvalue weighted by atomic mass is 10.1. The summed E-state index contributed by atoms with van der Waals surface area (Å²) in [6.07, 6.45) is 1.15. The number of benzene rings is 1. The summed E-state index contributed by atoms with van der Waals surface area (Å²) in [5.74, 6) is 1.58. The van der Waals surface area contributed by atoms with E-state index in [4.69, 9.17) is 14.5 Å². The molecule has 0 bridgehead atoms. The Morgan fingerprint density at radius 1 is 1.28 bits per heavy atom. The van der Waals surface area contributed by atoms with E-state index in [0.29, 0.717) is 25.7 Å². The van der Waals surface area contributed by atoms with Crippen LogP contribution in [0, 0.1) is 5.92 Å². The topological polar surface area (TPSA) is 49.3 Å². The van der Waals surface area contributed by atoms with Crippen molar-refractivity contribution < 1.29 is 9.47 Å². The van der Waals surface area contributed by atoms with Gasteiger partial charge in [-0.05, 0) is 38.1 Å². The zero-order chi connectivity index (χ0) is 20.2. The minimum absolute atomic E-state index is 0. The minimum atomic E-state index is 0. The van der Waals surface area contributed by atoms with E-state index in [2.05, 4.69) is 60.3 Å². The highest BCUT2D eigenvalue weighted by atomic mass is 127. The summed E-state index contributed by atoms with van der Waals surface area (Å²) in [5.41, 5.74) is 2.60. The van der Waals surface area contributed by atoms with E-state index in [9.17, 15) is 0 Å². The number of nitrogens with one attached hydrogen (secondary N) is 1. The summed E-state index contributed by atoms with van der Waals surface area (Å²) in [4.78, 5) is 9.58. The number of nitrogens with zero attached hydrogens (tertiary/aromatic N) is 3. The van der Waals surface area contributed by atoms with Crippen LogP contribution in [0.2, 0.25) is 0 Å². The molecule has 2 rings (SSSR count). The minimum Gasteiger partial charge on any atom is -0.382 e. The third kappa shape index (κ3) is 9.63. The molecule has 1 aromatic rings. The molecule has 0 aromatic heterocycles. The highest BCUT2D eigenvalue weighted by molar-refractivity contribution is 14.0. The van der Waals surface area contributed by atoms with Crippen LogP contribution >= 0.6 is 24.0 Å². The van der Waals surface area contributed by atoms with E-state index in [0.717, 1.165) is 51.7 Å². The Labute approximate surface area is 194 Å². The second-order valence-electron chi connectivity index (χ2n) is 7.49. The Bertz CT molecular complexity index is 600. The largest absolute Gasteiger partial charge is 0.382 e. The van der Waals surface area contributed by atoms with Crippen LogP contribution in [0.1, 0.15) is 31.4 Å². The third-order valence-electron chi connectivity index (χ3n) is 5.10. The normalized spacial score (nSPS) is 16.9. The molecular formula is C22H39IN4O2. The zero-order valence-electron chi connectivity index (χ0n) is 18.5. The van der Waals surface area contributed by atoms with Crippen molar-refractivity contribution in [3.63, 3.8) is 0 Å². The zero-order valence-corrected chi connectivity index (χ0v) is 20.9. The lowest BCUT2D eigenvalue weighted by Crippen LogP contribution is -2.40. The Hall–Kier alpha value is -0.900. The predicted octanol–water partition coefficient (Wildman–Crippen LogP) is 3.21. The molecule has 0 spiro atoms. The Kier molecular flexibility index (Phi) is 13.5. The molecule has 166 valence electrons. The van der Waals surface area contributed by atoms with Gasteiger partial charge in [-0.25, -0.2) is 4.99 Å². The molecule has 0 amide bonds. The summed E-state index contributed by atoms with van der Waals surface area (Å²) in [6.45, 7) is 12.1. The maximum atomic E-state index is 5.71. The van der Waals surface area contributed by atoms with Crippen molar-refractivity contribution in [2.45, 2.75) is 33.4 Å². The van der Waals surface area contributed by atoms with Crippen molar-refractivity contribution in [3.8, 4) is 0 Å². The predicted molar refractivity (Wildman–Crippen MR) is 131 cm³/mol. The van der Waals surface area contributed by atoms with Gasteiger partial charge in [-0.15, -0.1) is 24.0 Å². The number of halogens is 1. The average Bonchev–Trinajstić information content (AvgIpc) is 3.17. The Morgan fingerprint density at radius 3 is 2.79 bits per heavy atom. The quantitative estimate of drug-likeness (QED) is 0.211. The summed E-state index contributed by atoms with van der Waals surface area (Å²) in [7, 11) is 3.86. The van der Waals surface area contributed by atoms with E-state index < -0.39 is 0 Å². The summed E-state index contributed by atoms with van der Waals surface area (Å²) in [6, 6.07) is 8.77. The first kappa shape index (κ1) is 26.1. The van der Waals surface area contributed by atoms with Crippen LogP contribution < -0.4 is 5.32 Å². The molecule has 29 heavy (non-hydrogen) atoms. The molecule has 1 N–H and O–H groups in total. The first-order valence-corrected chi connectivity index (χ1v) is 10.5. The summed E-state index contributed by atoms with van der Waals surface area (Å²) < 4.78 is 10.8. The van der Waals surface area contributed by atoms with Crippen molar-refractivity contribution in [1.29, 1.82) is 0 Å². The van der Waals surface area contributed by atoms with E-state index in [1.54, 1.807) is 7.11 Å². The number of ether oxygens (including phenoxy) is 2. The smallest absolute Gasteiger partial charge is 0.194 e. The fourth-order valence-electron chi connectivity index (χ4n) is 3.40. The van der Waals surface area contributed by atoms with Crippen molar-refractivity contribution in [2.75, 3.05) is 60.2 Å². The molecule has 1 atom stereocenters. The van der Waals surface area contributed by atoms with Gasteiger partial charge in [0.2, 0.25) is 0 Å². The molecule has 0 radical (unpaired) electrons. The van der Waals surface area contributed by atoms with E-state index in [1.165, 1.54) is 11.1 Å². The van der Waals surface area contributed by atoms with Gasteiger partial charge in [-0.2, -0.15) is 0 Å². The molecular weight excluding hydrogens is 479 g/mol. The van der Waals surface area contributed by atoms with E-state index in [1.807, 2.05) is 0 Å². The number of rotatable bonds is 11. The highest BCUT2D eigenvalue weighted by Crippen LogP contribution is 2.17. The van der Waals surface area contributed by atoms with Gasteiger partial charge in [0.15, 0.2) is 5.96 Å². The molecule has 1 heterocycles. The van der Waals surface area contributed by atoms with Crippen LogP contribution in [0.5, 0.6) is 0 Å². The molecule has 1 saturated heterocycles. The molecule has 7 heteroatoms.